The predicted molar refractivity (Wildman–Crippen MR) is 106 cm³/mol. The molecular weight excluding hydrogens is 338 g/mol. The van der Waals surface area contributed by atoms with Gasteiger partial charge in [-0.15, -0.1) is 0 Å². The van der Waals surface area contributed by atoms with Crippen LogP contribution in [0.3, 0.4) is 0 Å². The van der Waals surface area contributed by atoms with Gasteiger partial charge in [-0.2, -0.15) is 0 Å². The Morgan fingerprint density at radius 2 is 1.81 bits per heavy atom. The summed E-state index contributed by atoms with van der Waals surface area (Å²) in [6.45, 7) is 3.49. The molecule has 27 heavy (non-hydrogen) atoms. The van der Waals surface area contributed by atoms with E-state index in [1.807, 2.05) is 42.2 Å². The summed E-state index contributed by atoms with van der Waals surface area (Å²) in [5, 5.41) is 4.28. The van der Waals surface area contributed by atoms with Gasteiger partial charge < -0.3 is 10.2 Å². The van der Waals surface area contributed by atoms with Crippen molar-refractivity contribution >= 4 is 28.4 Å². The Morgan fingerprint density at radius 3 is 2.63 bits per heavy atom. The number of fused-ring (bicyclic) bond motifs is 1. The summed E-state index contributed by atoms with van der Waals surface area (Å²) in [5.74, 6) is 0.410. The van der Waals surface area contributed by atoms with Crippen LogP contribution in [0.15, 0.2) is 42.6 Å². The van der Waals surface area contributed by atoms with E-state index in [1.165, 1.54) is 12.8 Å². The number of hydrogen-bond donors (Lipinski definition) is 1. The molecule has 1 N–H and O–H groups in total. The molecule has 3 heterocycles. The molecule has 2 aromatic heterocycles. The Morgan fingerprint density at radius 1 is 1.04 bits per heavy atom. The highest BCUT2D eigenvalue weighted by Crippen LogP contribution is 2.23. The second kappa shape index (κ2) is 7.70. The lowest BCUT2D eigenvalue weighted by atomic mass is 10.2. The molecule has 138 valence electrons. The van der Waals surface area contributed by atoms with Gasteiger partial charge in [0.2, 0.25) is 5.95 Å². The summed E-state index contributed by atoms with van der Waals surface area (Å²) >= 11 is 0. The number of amides is 1. The summed E-state index contributed by atoms with van der Waals surface area (Å²) < 4.78 is 0. The largest absolute Gasteiger partial charge is 0.337 e. The Labute approximate surface area is 158 Å². The van der Waals surface area contributed by atoms with Gasteiger partial charge in [0, 0.05) is 30.4 Å². The first-order valence-corrected chi connectivity index (χ1v) is 9.46. The number of nitrogens with one attached hydrogen (secondary N) is 1. The molecule has 4 rings (SSSR count). The maximum Gasteiger partial charge on any atom is 0.272 e. The molecular formula is C21H23N5O. The van der Waals surface area contributed by atoms with Crippen LogP contribution in [0.5, 0.6) is 0 Å². The molecule has 6 nitrogen and oxygen atoms in total. The first-order chi connectivity index (χ1) is 13.2. The maximum absolute atomic E-state index is 12.9. The molecule has 0 saturated carbocycles. The Kier molecular flexibility index (Phi) is 4.96. The van der Waals surface area contributed by atoms with E-state index in [4.69, 9.17) is 0 Å². The molecule has 0 bridgehead atoms. The van der Waals surface area contributed by atoms with Gasteiger partial charge in [-0.3, -0.25) is 9.78 Å². The monoisotopic (exact) mass is 361 g/mol. The number of benzene rings is 1. The van der Waals surface area contributed by atoms with Crippen molar-refractivity contribution in [3.8, 4) is 0 Å². The number of hydrogen-bond acceptors (Lipinski definition) is 5. The third kappa shape index (κ3) is 3.89. The molecule has 1 amide bonds. The number of aromatic nitrogens is 3. The molecule has 0 radical (unpaired) electrons. The first-order valence-electron chi connectivity index (χ1n) is 9.46. The topological polar surface area (TPSA) is 71.0 Å². The fourth-order valence-corrected chi connectivity index (χ4v) is 3.50. The summed E-state index contributed by atoms with van der Waals surface area (Å²) in [6.07, 6.45) is 6.25. The normalized spacial score (nSPS) is 14.8. The van der Waals surface area contributed by atoms with E-state index in [0.29, 0.717) is 11.6 Å². The minimum atomic E-state index is -0.0125. The summed E-state index contributed by atoms with van der Waals surface area (Å²) in [4.78, 5) is 28.2. The van der Waals surface area contributed by atoms with Crippen LogP contribution in [0.25, 0.3) is 10.9 Å². The summed E-state index contributed by atoms with van der Waals surface area (Å²) in [7, 11) is 0. The molecule has 0 atom stereocenters. The van der Waals surface area contributed by atoms with Crippen LogP contribution in [0, 0.1) is 6.92 Å². The van der Waals surface area contributed by atoms with Crippen LogP contribution in [0.4, 0.5) is 11.6 Å². The highest BCUT2D eigenvalue weighted by atomic mass is 16.2. The zero-order valence-corrected chi connectivity index (χ0v) is 15.5. The van der Waals surface area contributed by atoms with E-state index in [-0.39, 0.29) is 5.91 Å². The van der Waals surface area contributed by atoms with Crippen LogP contribution < -0.4 is 5.32 Å². The van der Waals surface area contributed by atoms with Crippen molar-refractivity contribution in [3.05, 3.63) is 54.0 Å². The molecule has 3 aromatic rings. The van der Waals surface area contributed by atoms with Crippen molar-refractivity contribution in [3.63, 3.8) is 0 Å². The SMILES string of the molecule is Cc1cc(C(=O)N2CCCCCC2)nc(Nc2cccc3cccnc23)n1. The van der Waals surface area contributed by atoms with Gasteiger partial charge in [-0.1, -0.05) is 31.0 Å². The van der Waals surface area contributed by atoms with Crippen LogP contribution in [0.2, 0.25) is 0 Å². The molecule has 0 unspecified atom stereocenters. The highest BCUT2D eigenvalue weighted by Gasteiger charge is 2.20. The van der Waals surface area contributed by atoms with Crippen molar-refractivity contribution in [1.82, 2.24) is 19.9 Å². The van der Waals surface area contributed by atoms with E-state index in [2.05, 4.69) is 20.3 Å². The van der Waals surface area contributed by atoms with E-state index >= 15 is 0 Å². The van der Waals surface area contributed by atoms with Crippen LogP contribution in [-0.2, 0) is 0 Å². The van der Waals surface area contributed by atoms with E-state index in [1.54, 1.807) is 12.3 Å². The van der Waals surface area contributed by atoms with Crippen molar-refractivity contribution in [2.45, 2.75) is 32.6 Å². The van der Waals surface area contributed by atoms with Gasteiger partial charge in [0.1, 0.15) is 5.69 Å². The van der Waals surface area contributed by atoms with Crippen molar-refractivity contribution in [2.75, 3.05) is 18.4 Å². The Hall–Kier alpha value is -3.02. The number of carbonyl (C=O) groups excluding carboxylic acids is 1. The fourth-order valence-electron chi connectivity index (χ4n) is 3.50. The molecule has 6 heteroatoms. The predicted octanol–water partition coefficient (Wildman–Crippen LogP) is 4.09. The molecule has 1 aromatic carbocycles. The lowest BCUT2D eigenvalue weighted by molar-refractivity contribution is 0.0755. The van der Waals surface area contributed by atoms with Gasteiger partial charge in [0.15, 0.2) is 0 Å². The average molecular weight is 361 g/mol. The second-order valence-electron chi connectivity index (χ2n) is 6.93. The molecule has 1 fully saturated rings. The lowest BCUT2D eigenvalue weighted by Crippen LogP contribution is -2.32. The minimum absolute atomic E-state index is 0.0125. The number of likely N-dealkylation sites (tertiary alicyclic amines) is 1. The Bertz CT molecular complexity index is 958. The average Bonchev–Trinajstić information content (AvgIpc) is 2.97. The highest BCUT2D eigenvalue weighted by molar-refractivity contribution is 5.94. The smallest absolute Gasteiger partial charge is 0.272 e. The molecule has 0 spiro atoms. The number of para-hydroxylation sites is 1. The fraction of sp³-hybridized carbons (Fsp3) is 0.333. The quantitative estimate of drug-likeness (QED) is 0.761. The first kappa shape index (κ1) is 17.4. The number of nitrogens with zero attached hydrogens (tertiary/aromatic N) is 4. The molecule has 0 aliphatic carbocycles. The maximum atomic E-state index is 12.9. The third-order valence-electron chi connectivity index (χ3n) is 4.85. The number of anilines is 2. The number of rotatable bonds is 3. The standard InChI is InChI=1S/C21H23N5O/c1-15-14-18(20(27)26-12-4-2-3-5-13-26)25-21(23-15)24-17-10-6-8-16-9-7-11-22-19(16)17/h6-11,14H,2-5,12-13H2,1H3,(H,23,24,25). The van der Waals surface area contributed by atoms with E-state index in [9.17, 15) is 4.79 Å². The molecule has 1 aliphatic heterocycles. The lowest BCUT2D eigenvalue weighted by Gasteiger charge is -2.20. The summed E-state index contributed by atoms with van der Waals surface area (Å²) in [6, 6.07) is 11.6. The number of carbonyl (C=O) groups is 1. The van der Waals surface area contributed by atoms with Crippen LogP contribution >= 0.6 is 0 Å². The number of pyridine rings is 1. The van der Waals surface area contributed by atoms with Gasteiger partial charge in [-0.25, -0.2) is 9.97 Å². The van der Waals surface area contributed by atoms with Crippen LogP contribution in [0.1, 0.15) is 41.9 Å². The summed E-state index contributed by atoms with van der Waals surface area (Å²) in [5.41, 5.74) is 2.89. The van der Waals surface area contributed by atoms with E-state index < -0.39 is 0 Å². The van der Waals surface area contributed by atoms with Crippen LogP contribution in [-0.4, -0.2) is 38.8 Å². The molecule has 1 saturated heterocycles. The van der Waals surface area contributed by atoms with E-state index in [0.717, 1.165) is 48.2 Å². The molecule has 1 aliphatic rings. The second-order valence-corrected chi connectivity index (χ2v) is 6.93. The third-order valence-corrected chi connectivity index (χ3v) is 4.85. The van der Waals surface area contributed by atoms with Crippen molar-refractivity contribution in [2.24, 2.45) is 0 Å². The van der Waals surface area contributed by atoms with Crippen molar-refractivity contribution < 1.29 is 4.79 Å². The minimum Gasteiger partial charge on any atom is -0.337 e. The van der Waals surface area contributed by atoms with Gasteiger partial charge in [-0.05, 0) is 38.0 Å². The van der Waals surface area contributed by atoms with Crippen molar-refractivity contribution in [1.29, 1.82) is 0 Å². The zero-order valence-electron chi connectivity index (χ0n) is 15.5. The Balaban J connectivity index is 1.63. The number of aryl methyl sites for hydroxylation is 1. The zero-order chi connectivity index (χ0) is 18.6. The van der Waals surface area contributed by atoms with Gasteiger partial charge >= 0.3 is 0 Å². The van der Waals surface area contributed by atoms with Gasteiger partial charge in [0.25, 0.3) is 5.91 Å². The van der Waals surface area contributed by atoms with Gasteiger partial charge in [0.05, 0.1) is 11.2 Å².